The zero-order valence-corrected chi connectivity index (χ0v) is 12.6. The molecule has 1 aromatic heterocycles. The minimum atomic E-state index is -4.33. The zero-order valence-electron chi connectivity index (χ0n) is 11.8. The second kappa shape index (κ2) is 4.87. The van der Waals surface area contributed by atoms with Gasteiger partial charge in [0, 0.05) is 6.54 Å². The van der Waals surface area contributed by atoms with Crippen LogP contribution in [0.4, 0.5) is 13.2 Å². The molecule has 2 nitrogen and oxygen atoms in total. The molecule has 1 aromatic carbocycles. The lowest BCUT2D eigenvalue weighted by atomic mass is 9.89. The van der Waals surface area contributed by atoms with Gasteiger partial charge in [-0.1, -0.05) is 19.8 Å². The SMILES string of the molecule is CC1(Cn2c(=S)[nH]c3cc(C(F)(F)F)ccc32)CCCC1. The standard InChI is InChI=1S/C15H17F3N2S/c1-14(6-2-3-7-14)9-20-12-5-4-10(15(16,17)18)8-11(12)19-13(20)21/h4-5,8H,2-3,6-7,9H2,1H3,(H,19,21). The number of nitrogens with one attached hydrogen (secondary N) is 1. The summed E-state index contributed by atoms with van der Waals surface area (Å²) in [5, 5.41) is 0. The number of alkyl halides is 3. The number of rotatable bonds is 2. The number of aromatic amines is 1. The summed E-state index contributed by atoms with van der Waals surface area (Å²) in [5.41, 5.74) is 0.749. The Morgan fingerprint density at radius 2 is 1.95 bits per heavy atom. The van der Waals surface area contributed by atoms with Gasteiger partial charge in [0.1, 0.15) is 0 Å². The molecule has 0 spiro atoms. The van der Waals surface area contributed by atoms with E-state index in [1.165, 1.54) is 18.9 Å². The van der Waals surface area contributed by atoms with Crippen molar-refractivity contribution >= 4 is 23.3 Å². The molecule has 0 bridgehead atoms. The van der Waals surface area contributed by atoms with Crippen LogP contribution in [0.1, 0.15) is 38.2 Å². The molecule has 6 heteroatoms. The Labute approximate surface area is 126 Å². The van der Waals surface area contributed by atoms with Crippen LogP contribution < -0.4 is 0 Å². The fourth-order valence-corrected chi connectivity index (χ4v) is 3.54. The summed E-state index contributed by atoms with van der Waals surface area (Å²) in [6.45, 7) is 2.99. The third-order valence-electron chi connectivity index (χ3n) is 4.45. The summed E-state index contributed by atoms with van der Waals surface area (Å²) in [5.74, 6) is 0. The molecule has 1 aliphatic carbocycles. The molecule has 2 aromatic rings. The Hall–Kier alpha value is -1.30. The molecule has 3 rings (SSSR count). The number of hydrogen-bond donors (Lipinski definition) is 1. The van der Waals surface area contributed by atoms with Crippen molar-refractivity contribution in [2.24, 2.45) is 5.41 Å². The van der Waals surface area contributed by atoms with Gasteiger partial charge in [0.15, 0.2) is 4.77 Å². The quantitative estimate of drug-likeness (QED) is 0.746. The first-order valence-corrected chi connectivity index (χ1v) is 7.49. The van der Waals surface area contributed by atoms with Crippen molar-refractivity contribution < 1.29 is 13.2 Å². The number of nitrogens with zero attached hydrogens (tertiary/aromatic N) is 1. The van der Waals surface area contributed by atoms with E-state index in [0.29, 0.717) is 10.3 Å². The van der Waals surface area contributed by atoms with E-state index < -0.39 is 11.7 Å². The molecule has 1 saturated carbocycles. The maximum absolute atomic E-state index is 12.8. The lowest BCUT2D eigenvalue weighted by Crippen LogP contribution is -2.19. The van der Waals surface area contributed by atoms with E-state index in [0.717, 1.165) is 37.0 Å². The van der Waals surface area contributed by atoms with Crippen molar-refractivity contribution in [1.29, 1.82) is 0 Å². The molecular formula is C15H17F3N2S. The minimum absolute atomic E-state index is 0.191. The van der Waals surface area contributed by atoms with Gasteiger partial charge in [-0.3, -0.25) is 0 Å². The lowest BCUT2D eigenvalue weighted by molar-refractivity contribution is -0.137. The van der Waals surface area contributed by atoms with Crippen molar-refractivity contribution in [1.82, 2.24) is 9.55 Å². The highest BCUT2D eigenvalue weighted by Gasteiger charge is 2.32. The van der Waals surface area contributed by atoms with Gasteiger partial charge in [-0.2, -0.15) is 13.2 Å². The van der Waals surface area contributed by atoms with Crippen LogP contribution >= 0.6 is 12.2 Å². The summed E-state index contributed by atoms with van der Waals surface area (Å²) in [4.78, 5) is 2.91. The molecule has 21 heavy (non-hydrogen) atoms. The second-order valence-corrected chi connectivity index (χ2v) is 6.65. The number of H-pyrrole nitrogens is 1. The monoisotopic (exact) mass is 314 g/mol. The molecule has 1 N–H and O–H groups in total. The number of aromatic nitrogens is 2. The lowest BCUT2D eigenvalue weighted by Gasteiger charge is -2.24. The number of halogens is 3. The zero-order chi connectivity index (χ0) is 15.3. The van der Waals surface area contributed by atoms with Crippen LogP contribution in [0.25, 0.3) is 11.0 Å². The van der Waals surface area contributed by atoms with Crippen LogP contribution in [0.15, 0.2) is 18.2 Å². The van der Waals surface area contributed by atoms with Crippen LogP contribution in [0.3, 0.4) is 0 Å². The molecule has 1 heterocycles. The highest BCUT2D eigenvalue weighted by Crippen LogP contribution is 2.40. The predicted octanol–water partition coefficient (Wildman–Crippen LogP) is 5.30. The van der Waals surface area contributed by atoms with Crippen molar-refractivity contribution in [2.75, 3.05) is 0 Å². The third kappa shape index (κ3) is 2.73. The van der Waals surface area contributed by atoms with Gasteiger partial charge in [-0.05, 0) is 48.7 Å². The smallest absolute Gasteiger partial charge is 0.331 e. The average Bonchev–Trinajstić information content (AvgIpc) is 2.94. The number of hydrogen-bond acceptors (Lipinski definition) is 1. The van der Waals surface area contributed by atoms with Gasteiger partial charge >= 0.3 is 6.18 Å². The molecular weight excluding hydrogens is 297 g/mol. The van der Waals surface area contributed by atoms with Crippen LogP contribution in [0.5, 0.6) is 0 Å². The van der Waals surface area contributed by atoms with Gasteiger partial charge < -0.3 is 9.55 Å². The Bertz CT molecular complexity index is 721. The number of benzene rings is 1. The molecule has 114 valence electrons. The summed E-state index contributed by atoms with van der Waals surface area (Å²) < 4.78 is 40.7. The topological polar surface area (TPSA) is 20.7 Å². The second-order valence-electron chi connectivity index (χ2n) is 6.26. The van der Waals surface area contributed by atoms with Gasteiger partial charge in [-0.15, -0.1) is 0 Å². The summed E-state index contributed by atoms with van der Waals surface area (Å²) >= 11 is 5.30. The first kappa shape index (κ1) is 14.6. The van der Waals surface area contributed by atoms with E-state index in [1.807, 2.05) is 4.57 Å². The summed E-state index contributed by atoms with van der Waals surface area (Å²) in [6.07, 6.45) is 0.377. The Kier molecular flexibility index (Phi) is 3.39. The Morgan fingerprint density at radius 1 is 1.29 bits per heavy atom. The highest BCUT2D eigenvalue weighted by atomic mass is 32.1. The molecule has 0 radical (unpaired) electrons. The van der Waals surface area contributed by atoms with Gasteiger partial charge in [0.05, 0.1) is 16.6 Å². The maximum atomic E-state index is 12.8. The summed E-state index contributed by atoms with van der Waals surface area (Å²) in [6, 6.07) is 3.78. The molecule has 1 fully saturated rings. The highest BCUT2D eigenvalue weighted by molar-refractivity contribution is 7.71. The molecule has 0 aliphatic heterocycles. The fraction of sp³-hybridized carbons (Fsp3) is 0.533. The Balaban J connectivity index is 2.04. The van der Waals surface area contributed by atoms with Crippen LogP contribution in [-0.2, 0) is 12.7 Å². The van der Waals surface area contributed by atoms with E-state index in [2.05, 4.69) is 11.9 Å². The molecule has 0 unspecified atom stereocenters. The van der Waals surface area contributed by atoms with E-state index in [9.17, 15) is 13.2 Å². The van der Waals surface area contributed by atoms with Crippen molar-refractivity contribution in [3.05, 3.63) is 28.5 Å². The normalized spacial score (nSPS) is 18.5. The van der Waals surface area contributed by atoms with Crippen LogP contribution in [0, 0.1) is 10.2 Å². The van der Waals surface area contributed by atoms with Gasteiger partial charge in [-0.25, -0.2) is 0 Å². The van der Waals surface area contributed by atoms with Gasteiger partial charge in [0.2, 0.25) is 0 Å². The van der Waals surface area contributed by atoms with Crippen LogP contribution in [0.2, 0.25) is 0 Å². The first-order chi connectivity index (χ1) is 9.78. The van der Waals surface area contributed by atoms with Crippen molar-refractivity contribution in [3.8, 4) is 0 Å². The summed E-state index contributed by atoms with van der Waals surface area (Å²) in [7, 11) is 0. The molecule has 1 aliphatic rings. The number of fused-ring (bicyclic) bond motifs is 1. The Morgan fingerprint density at radius 3 is 2.57 bits per heavy atom. The number of imidazole rings is 1. The van der Waals surface area contributed by atoms with Crippen LogP contribution in [-0.4, -0.2) is 9.55 Å². The first-order valence-electron chi connectivity index (χ1n) is 7.08. The fourth-order valence-electron chi connectivity index (χ4n) is 3.27. The van der Waals surface area contributed by atoms with E-state index in [1.54, 1.807) is 0 Å². The van der Waals surface area contributed by atoms with Crippen molar-refractivity contribution in [3.63, 3.8) is 0 Å². The predicted molar refractivity (Wildman–Crippen MR) is 78.7 cm³/mol. The van der Waals surface area contributed by atoms with E-state index >= 15 is 0 Å². The van der Waals surface area contributed by atoms with Crippen molar-refractivity contribution in [2.45, 2.75) is 45.3 Å². The van der Waals surface area contributed by atoms with E-state index in [-0.39, 0.29) is 5.41 Å². The van der Waals surface area contributed by atoms with E-state index in [4.69, 9.17) is 12.2 Å². The molecule has 0 amide bonds. The van der Waals surface area contributed by atoms with Gasteiger partial charge in [0.25, 0.3) is 0 Å². The third-order valence-corrected chi connectivity index (χ3v) is 4.77. The largest absolute Gasteiger partial charge is 0.416 e. The maximum Gasteiger partial charge on any atom is 0.416 e. The molecule has 0 saturated heterocycles. The minimum Gasteiger partial charge on any atom is -0.331 e. The average molecular weight is 314 g/mol. The molecule has 0 atom stereocenters.